The van der Waals surface area contributed by atoms with E-state index in [0.717, 1.165) is 17.2 Å². The zero-order chi connectivity index (χ0) is 13.8. The minimum Gasteiger partial charge on any atom is -0.381 e. The van der Waals surface area contributed by atoms with Gasteiger partial charge in [-0.2, -0.15) is 0 Å². The van der Waals surface area contributed by atoms with E-state index in [-0.39, 0.29) is 5.82 Å². The quantitative estimate of drug-likeness (QED) is 0.809. The maximum Gasteiger partial charge on any atom is 0.128 e. The van der Waals surface area contributed by atoms with E-state index in [4.69, 9.17) is 0 Å². The van der Waals surface area contributed by atoms with Crippen molar-refractivity contribution in [3.8, 4) is 0 Å². The molecule has 1 nitrogen and oxygen atoms in total. The summed E-state index contributed by atoms with van der Waals surface area (Å²) < 4.78 is 13.6. The first-order valence-corrected chi connectivity index (χ1v) is 7.38. The Balaban J connectivity index is 1.88. The number of nitrogens with one attached hydrogen (secondary N) is 1. The molecular formula is C17H24FN. The van der Waals surface area contributed by atoms with Crippen LogP contribution in [0, 0.1) is 29.5 Å². The fourth-order valence-electron chi connectivity index (χ4n) is 4.37. The summed E-state index contributed by atoms with van der Waals surface area (Å²) in [6.07, 6.45) is 3.86. The lowest BCUT2D eigenvalue weighted by molar-refractivity contribution is 0.142. The van der Waals surface area contributed by atoms with Crippen molar-refractivity contribution in [2.24, 2.45) is 16.7 Å². The molecule has 2 heteroatoms. The Morgan fingerprint density at radius 1 is 1.26 bits per heavy atom. The van der Waals surface area contributed by atoms with Gasteiger partial charge in [0, 0.05) is 17.3 Å². The van der Waals surface area contributed by atoms with Crippen LogP contribution in [0.3, 0.4) is 0 Å². The van der Waals surface area contributed by atoms with Crippen LogP contribution in [0.5, 0.6) is 0 Å². The number of rotatable bonds is 2. The minimum absolute atomic E-state index is 0.113. The van der Waals surface area contributed by atoms with Crippen molar-refractivity contribution in [1.29, 1.82) is 0 Å². The Kier molecular flexibility index (Phi) is 2.71. The number of hydrogen-bond acceptors (Lipinski definition) is 1. The number of benzene rings is 1. The lowest BCUT2D eigenvalue weighted by Crippen LogP contribution is -2.40. The van der Waals surface area contributed by atoms with E-state index >= 15 is 0 Å². The van der Waals surface area contributed by atoms with Crippen LogP contribution in [0.25, 0.3) is 0 Å². The largest absolute Gasteiger partial charge is 0.381 e. The molecule has 0 radical (unpaired) electrons. The smallest absolute Gasteiger partial charge is 0.128 e. The van der Waals surface area contributed by atoms with Gasteiger partial charge in [0.1, 0.15) is 5.82 Å². The third kappa shape index (κ3) is 1.65. The van der Waals surface area contributed by atoms with Crippen LogP contribution >= 0.6 is 0 Å². The van der Waals surface area contributed by atoms with E-state index in [2.05, 4.69) is 26.1 Å². The highest BCUT2D eigenvalue weighted by atomic mass is 19.1. The SMILES string of the molecule is Cc1c(F)cccc1NC1CC2CCC1(C)C2(C)C. The van der Waals surface area contributed by atoms with Gasteiger partial charge in [0.2, 0.25) is 0 Å². The van der Waals surface area contributed by atoms with Crippen molar-refractivity contribution in [1.82, 2.24) is 0 Å². The molecule has 1 N–H and O–H groups in total. The van der Waals surface area contributed by atoms with E-state index in [0.29, 0.717) is 16.9 Å². The predicted octanol–water partition coefficient (Wildman–Crippen LogP) is 4.76. The predicted molar refractivity (Wildman–Crippen MR) is 77.8 cm³/mol. The summed E-state index contributed by atoms with van der Waals surface area (Å²) in [6, 6.07) is 5.81. The van der Waals surface area contributed by atoms with Crippen molar-refractivity contribution < 1.29 is 4.39 Å². The third-order valence-electron chi connectivity index (χ3n) is 6.39. The number of halogens is 1. The van der Waals surface area contributed by atoms with Crippen molar-refractivity contribution in [2.75, 3.05) is 5.32 Å². The topological polar surface area (TPSA) is 12.0 Å². The highest BCUT2D eigenvalue weighted by Gasteiger charge is 2.61. The second kappa shape index (κ2) is 3.97. The zero-order valence-electron chi connectivity index (χ0n) is 12.4. The van der Waals surface area contributed by atoms with E-state index in [9.17, 15) is 4.39 Å². The van der Waals surface area contributed by atoms with Gasteiger partial charge in [0.05, 0.1) is 0 Å². The standard InChI is InChI=1S/C17H24FN/c1-11-13(18)6-5-7-14(11)19-15-10-12-8-9-17(15,4)16(12,2)3/h5-7,12,15,19H,8-10H2,1-4H3. The van der Waals surface area contributed by atoms with Gasteiger partial charge in [-0.05, 0) is 55.1 Å². The van der Waals surface area contributed by atoms with E-state index < -0.39 is 0 Å². The maximum atomic E-state index is 13.6. The molecule has 0 spiro atoms. The monoisotopic (exact) mass is 261 g/mol. The molecule has 0 heterocycles. The van der Waals surface area contributed by atoms with Crippen LogP contribution in [-0.4, -0.2) is 6.04 Å². The van der Waals surface area contributed by atoms with Gasteiger partial charge in [-0.25, -0.2) is 4.39 Å². The van der Waals surface area contributed by atoms with Crippen LogP contribution in [0.15, 0.2) is 18.2 Å². The summed E-state index contributed by atoms with van der Waals surface area (Å²) in [7, 11) is 0. The third-order valence-corrected chi connectivity index (χ3v) is 6.39. The summed E-state index contributed by atoms with van der Waals surface area (Å²) in [6.45, 7) is 9.08. The van der Waals surface area contributed by atoms with E-state index in [1.807, 2.05) is 13.0 Å². The van der Waals surface area contributed by atoms with Crippen LogP contribution in [0.2, 0.25) is 0 Å². The average molecular weight is 261 g/mol. The number of hydrogen-bond donors (Lipinski definition) is 1. The molecule has 3 rings (SSSR count). The average Bonchev–Trinajstić information content (AvgIpc) is 2.68. The molecule has 104 valence electrons. The molecule has 0 aliphatic heterocycles. The molecule has 3 atom stereocenters. The van der Waals surface area contributed by atoms with E-state index in [1.54, 1.807) is 6.07 Å². The second-order valence-electron chi connectivity index (χ2n) is 7.22. The van der Waals surface area contributed by atoms with Gasteiger partial charge in [0.15, 0.2) is 0 Å². The maximum absolute atomic E-state index is 13.6. The van der Waals surface area contributed by atoms with Gasteiger partial charge in [-0.15, -0.1) is 0 Å². The summed E-state index contributed by atoms with van der Waals surface area (Å²) in [5.41, 5.74) is 2.43. The summed E-state index contributed by atoms with van der Waals surface area (Å²) >= 11 is 0. The van der Waals surface area contributed by atoms with Gasteiger partial charge in [-0.1, -0.05) is 26.8 Å². The fourth-order valence-corrected chi connectivity index (χ4v) is 4.37. The molecule has 2 fully saturated rings. The molecule has 0 amide bonds. The Labute approximate surface area is 115 Å². The van der Waals surface area contributed by atoms with Crippen molar-refractivity contribution in [3.05, 3.63) is 29.6 Å². The molecule has 2 aliphatic carbocycles. The Bertz CT molecular complexity index is 508. The van der Waals surface area contributed by atoms with Crippen LogP contribution in [-0.2, 0) is 0 Å². The molecule has 2 bridgehead atoms. The molecular weight excluding hydrogens is 237 g/mol. The molecule has 3 unspecified atom stereocenters. The summed E-state index contributed by atoms with van der Waals surface area (Å²) in [5.74, 6) is 0.696. The molecule has 0 aromatic heterocycles. The number of anilines is 1. The molecule has 0 saturated heterocycles. The lowest BCUT2D eigenvalue weighted by Gasteiger charge is -2.40. The van der Waals surface area contributed by atoms with Gasteiger partial charge >= 0.3 is 0 Å². The molecule has 1 aromatic rings. The first kappa shape index (κ1) is 13.0. The first-order chi connectivity index (χ1) is 8.86. The minimum atomic E-state index is -0.113. The van der Waals surface area contributed by atoms with Crippen LogP contribution in [0.4, 0.5) is 10.1 Å². The van der Waals surface area contributed by atoms with Gasteiger partial charge in [0.25, 0.3) is 0 Å². The van der Waals surface area contributed by atoms with E-state index in [1.165, 1.54) is 25.3 Å². The fraction of sp³-hybridized carbons (Fsp3) is 0.647. The van der Waals surface area contributed by atoms with Gasteiger partial charge in [-0.3, -0.25) is 0 Å². The summed E-state index contributed by atoms with van der Waals surface area (Å²) in [5, 5.41) is 3.64. The zero-order valence-corrected chi connectivity index (χ0v) is 12.4. The Morgan fingerprint density at radius 3 is 2.58 bits per heavy atom. The Hall–Kier alpha value is -1.05. The Morgan fingerprint density at radius 2 is 2.00 bits per heavy atom. The summed E-state index contributed by atoms with van der Waals surface area (Å²) in [4.78, 5) is 0. The molecule has 19 heavy (non-hydrogen) atoms. The van der Waals surface area contributed by atoms with Crippen molar-refractivity contribution in [2.45, 2.75) is 53.0 Å². The van der Waals surface area contributed by atoms with Crippen molar-refractivity contribution >= 4 is 5.69 Å². The van der Waals surface area contributed by atoms with Crippen LogP contribution in [0.1, 0.15) is 45.6 Å². The normalized spacial score (nSPS) is 35.6. The highest BCUT2D eigenvalue weighted by molar-refractivity contribution is 5.52. The lowest BCUT2D eigenvalue weighted by atomic mass is 9.69. The van der Waals surface area contributed by atoms with Crippen LogP contribution < -0.4 is 5.32 Å². The molecule has 1 aromatic carbocycles. The molecule has 2 aliphatic rings. The number of fused-ring (bicyclic) bond motifs is 2. The molecule has 2 saturated carbocycles. The second-order valence-corrected chi connectivity index (χ2v) is 7.22. The van der Waals surface area contributed by atoms with Gasteiger partial charge < -0.3 is 5.32 Å². The highest BCUT2D eigenvalue weighted by Crippen LogP contribution is 2.65. The first-order valence-electron chi connectivity index (χ1n) is 7.38. The van der Waals surface area contributed by atoms with Crippen molar-refractivity contribution in [3.63, 3.8) is 0 Å².